The summed E-state index contributed by atoms with van der Waals surface area (Å²) in [6.07, 6.45) is 1.04. The highest BCUT2D eigenvalue weighted by atomic mass is 16.7. The summed E-state index contributed by atoms with van der Waals surface area (Å²) < 4.78 is 12.2. The monoisotopic (exact) mass is 375 g/mol. The number of non-ortho nitro benzene ring substituents is 1. The molecule has 3 aliphatic heterocycles. The van der Waals surface area contributed by atoms with Gasteiger partial charge in [-0.2, -0.15) is 0 Å². The number of carbonyl (C=O) groups excluding carboxylic acids is 1. The summed E-state index contributed by atoms with van der Waals surface area (Å²) in [5, 5.41) is 14.7. The molecule has 0 N–H and O–H groups in total. The number of nitro groups is 1. The van der Waals surface area contributed by atoms with Gasteiger partial charge < -0.3 is 19.2 Å². The first-order valence-electron chi connectivity index (χ1n) is 8.99. The first kappa shape index (κ1) is 17.9. The first-order chi connectivity index (χ1) is 13.0. The molecule has 1 aromatic carbocycles. The number of ether oxygens (including phenoxy) is 2. The van der Waals surface area contributed by atoms with Gasteiger partial charge in [0.1, 0.15) is 5.71 Å². The molecule has 2 atom stereocenters. The lowest BCUT2D eigenvalue weighted by Gasteiger charge is -2.41. The van der Waals surface area contributed by atoms with Gasteiger partial charge in [-0.1, -0.05) is 5.16 Å². The number of fused-ring (bicyclic) bond motifs is 1. The standard InChI is InChI=1S/C18H21N3O6/c1-12(22)17-15-10-25-18(26-11-16(15)27-19-17)6-8-20(9-7-18)13-2-4-14(5-3-13)21(23)24/h2-5,15-16H,6-11H2,1H3/t15-,16-/m1/s1. The molecule has 0 amide bonds. The molecule has 2 saturated heterocycles. The van der Waals surface area contributed by atoms with Gasteiger partial charge in [0, 0.05) is 50.7 Å². The molecule has 1 spiro atoms. The molecule has 1 aromatic rings. The molecule has 0 aliphatic carbocycles. The third-order valence-electron chi connectivity index (χ3n) is 5.43. The van der Waals surface area contributed by atoms with Gasteiger partial charge in [-0.05, 0) is 12.1 Å². The van der Waals surface area contributed by atoms with Crippen LogP contribution in [0, 0.1) is 16.0 Å². The highest BCUT2D eigenvalue weighted by molar-refractivity contribution is 6.40. The third kappa shape index (κ3) is 3.40. The van der Waals surface area contributed by atoms with Crippen LogP contribution >= 0.6 is 0 Å². The van der Waals surface area contributed by atoms with Crippen molar-refractivity contribution in [3.8, 4) is 0 Å². The molecule has 0 saturated carbocycles. The maximum atomic E-state index is 11.7. The number of hydrogen-bond acceptors (Lipinski definition) is 8. The Hall–Kier alpha value is -2.52. The van der Waals surface area contributed by atoms with Gasteiger partial charge in [-0.3, -0.25) is 14.9 Å². The summed E-state index contributed by atoms with van der Waals surface area (Å²) in [5.74, 6) is -0.975. The van der Waals surface area contributed by atoms with Crippen LogP contribution in [0.5, 0.6) is 0 Å². The summed E-state index contributed by atoms with van der Waals surface area (Å²) in [4.78, 5) is 29.6. The van der Waals surface area contributed by atoms with Crippen molar-refractivity contribution in [1.29, 1.82) is 0 Å². The Bertz CT molecular complexity index is 770. The largest absolute Gasteiger partial charge is 0.389 e. The fourth-order valence-electron chi connectivity index (χ4n) is 3.80. The number of nitrogens with zero attached hydrogens (tertiary/aromatic N) is 3. The van der Waals surface area contributed by atoms with Crippen LogP contribution in [-0.4, -0.2) is 54.6 Å². The minimum absolute atomic E-state index is 0.0807. The maximum absolute atomic E-state index is 11.7. The Morgan fingerprint density at radius 3 is 2.52 bits per heavy atom. The summed E-state index contributed by atoms with van der Waals surface area (Å²) in [7, 11) is 0. The van der Waals surface area contributed by atoms with Crippen LogP contribution in [-0.2, 0) is 19.1 Å². The Balaban J connectivity index is 1.39. The van der Waals surface area contributed by atoms with Crippen molar-refractivity contribution in [2.45, 2.75) is 31.7 Å². The van der Waals surface area contributed by atoms with Gasteiger partial charge in [0.25, 0.3) is 5.69 Å². The fraction of sp³-hybridized carbons (Fsp3) is 0.556. The number of nitro benzene ring substituents is 1. The van der Waals surface area contributed by atoms with Crippen molar-refractivity contribution < 1.29 is 24.0 Å². The zero-order valence-electron chi connectivity index (χ0n) is 15.0. The third-order valence-corrected chi connectivity index (χ3v) is 5.43. The van der Waals surface area contributed by atoms with E-state index in [4.69, 9.17) is 14.3 Å². The number of rotatable bonds is 3. The maximum Gasteiger partial charge on any atom is 0.269 e. The Morgan fingerprint density at radius 1 is 1.22 bits per heavy atom. The van der Waals surface area contributed by atoms with Crippen LogP contribution in [0.3, 0.4) is 0 Å². The van der Waals surface area contributed by atoms with Gasteiger partial charge in [0.2, 0.25) is 0 Å². The van der Waals surface area contributed by atoms with Crippen LogP contribution < -0.4 is 4.90 Å². The number of hydrogen-bond donors (Lipinski definition) is 0. The van der Waals surface area contributed by atoms with Crippen LogP contribution in [0.4, 0.5) is 11.4 Å². The molecule has 3 aliphatic rings. The number of benzene rings is 1. The smallest absolute Gasteiger partial charge is 0.269 e. The summed E-state index contributed by atoms with van der Waals surface area (Å²) in [6, 6.07) is 6.55. The molecule has 9 heteroatoms. The Kier molecular flexibility index (Phi) is 4.56. The molecule has 0 radical (unpaired) electrons. The molecule has 9 nitrogen and oxygen atoms in total. The number of oxime groups is 1. The molecule has 144 valence electrons. The van der Waals surface area contributed by atoms with Crippen molar-refractivity contribution in [2.75, 3.05) is 31.2 Å². The number of piperidine rings is 1. The lowest BCUT2D eigenvalue weighted by atomic mass is 9.96. The minimum atomic E-state index is -0.688. The highest BCUT2D eigenvalue weighted by Crippen LogP contribution is 2.36. The van der Waals surface area contributed by atoms with Crippen molar-refractivity contribution >= 4 is 22.9 Å². The van der Waals surface area contributed by atoms with E-state index in [1.54, 1.807) is 12.1 Å². The Labute approximate surface area is 156 Å². The number of carbonyl (C=O) groups is 1. The topological polar surface area (TPSA) is 104 Å². The van der Waals surface area contributed by atoms with Gasteiger partial charge in [0.15, 0.2) is 17.7 Å². The van der Waals surface area contributed by atoms with Gasteiger partial charge in [-0.15, -0.1) is 0 Å². The van der Waals surface area contributed by atoms with Crippen LogP contribution in [0.25, 0.3) is 0 Å². The second-order valence-electron chi connectivity index (χ2n) is 7.08. The summed E-state index contributed by atoms with van der Waals surface area (Å²) in [5.41, 5.74) is 1.44. The summed E-state index contributed by atoms with van der Waals surface area (Å²) in [6.45, 7) is 3.58. The van der Waals surface area contributed by atoms with E-state index < -0.39 is 10.7 Å². The second kappa shape index (κ2) is 6.90. The van der Waals surface area contributed by atoms with E-state index in [-0.39, 0.29) is 23.5 Å². The molecule has 0 unspecified atom stereocenters. The van der Waals surface area contributed by atoms with E-state index in [2.05, 4.69) is 10.1 Å². The molecule has 2 fully saturated rings. The predicted octanol–water partition coefficient (Wildman–Crippen LogP) is 1.90. The van der Waals surface area contributed by atoms with E-state index in [0.29, 0.717) is 44.9 Å². The van der Waals surface area contributed by atoms with E-state index >= 15 is 0 Å². The summed E-state index contributed by atoms with van der Waals surface area (Å²) >= 11 is 0. The van der Waals surface area contributed by atoms with E-state index in [1.807, 2.05) is 0 Å². The minimum Gasteiger partial charge on any atom is -0.389 e. The van der Waals surface area contributed by atoms with Gasteiger partial charge in [-0.25, -0.2) is 0 Å². The number of anilines is 1. The van der Waals surface area contributed by atoms with Gasteiger partial charge >= 0.3 is 0 Å². The van der Waals surface area contributed by atoms with Crippen LogP contribution in [0.15, 0.2) is 29.4 Å². The molecule has 4 rings (SSSR count). The molecule has 0 aromatic heterocycles. The molecule has 3 heterocycles. The average molecular weight is 375 g/mol. The lowest BCUT2D eigenvalue weighted by molar-refractivity contribution is -0.384. The number of Topliss-reactive ketones (excluding diaryl/α,β-unsaturated/α-hetero) is 1. The quantitative estimate of drug-likeness (QED) is 0.587. The second-order valence-corrected chi connectivity index (χ2v) is 7.08. The zero-order chi connectivity index (χ0) is 19.0. The normalized spacial score (nSPS) is 26.7. The first-order valence-corrected chi connectivity index (χ1v) is 8.99. The highest BCUT2D eigenvalue weighted by Gasteiger charge is 2.46. The van der Waals surface area contributed by atoms with E-state index in [9.17, 15) is 14.9 Å². The van der Waals surface area contributed by atoms with Crippen molar-refractivity contribution in [1.82, 2.24) is 0 Å². The van der Waals surface area contributed by atoms with Crippen molar-refractivity contribution in [3.63, 3.8) is 0 Å². The van der Waals surface area contributed by atoms with Crippen molar-refractivity contribution in [2.24, 2.45) is 11.1 Å². The van der Waals surface area contributed by atoms with Crippen LogP contribution in [0.2, 0.25) is 0 Å². The molecule has 0 bridgehead atoms. The number of ketones is 1. The predicted molar refractivity (Wildman–Crippen MR) is 95.7 cm³/mol. The Morgan fingerprint density at radius 2 is 1.89 bits per heavy atom. The van der Waals surface area contributed by atoms with E-state index in [1.165, 1.54) is 19.1 Å². The molecule has 27 heavy (non-hydrogen) atoms. The van der Waals surface area contributed by atoms with Crippen LogP contribution in [0.1, 0.15) is 19.8 Å². The molecular weight excluding hydrogens is 354 g/mol. The fourth-order valence-corrected chi connectivity index (χ4v) is 3.80. The van der Waals surface area contributed by atoms with Gasteiger partial charge in [0.05, 0.1) is 24.1 Å². The molecular formula is C18H21N3O6. The zero-order valence-corrected chi connectivity index (χ0v) is 15.0. The average Bonchev–Trinajstić information content (AvgIpc) is 3.01. The SMILES string of the molecule is CC(=O)C1=NO[C@@H]2COC3(CCN(c4ccc([N+](=O)[O-])cc4)CC3)OC[C@@H]12. The van der Waals surface area contributed by atoms with Crippen molar-refractivity contribution in [3.05, 3.63) is 34.4 Å². The lowest BCUT2D eigenvalue weighted by Crippen LogP contribution is -2.48. The van der Waals surface area contributed by atoms with E-state index in [0.717, 1.165) is 5.69 Å².